The highest BCUT2D eigenvalue weighted by Gasteiger charge is 2.40. The quantitative estimate of drug-likeness (QED) is 0.461. The minimum atomic E-state index is -0.684. The third kappa shape index (κ3) is 2.10. The lowest BCUT2D eigenvalue weighted by Gasteiger charge is -2.23. The molecule has 1 aliphatic heterocycles. The summed E-state index contributed by atoms with van der Waals surface area (Å²) in [5.41, 5.74) is 2.73. The van der Waals surface area contributed by atoms with Crippen molar-refractivity contribution in [3.05, 3.63) is 29.8 Å². The first-order valence-corrected chi connectivity index (χ1v) is 6.76. The summed E-state index contributed by atoms with van der Waals surface area (Å²) in [4.78, 5) is 5.46. The molecule has 1 unspecified atom stereocenters. The third-order valence-corrected chi connectivity index (χ3v) is 3.59. The van der Waals surface area contributed by atoms with Gasteiger partial charge in [-0.1, -0.05) is 25.1 Å². The molecule has 0 aliphatic carbocycles. The molecular weight excluding hydrogens is 272 g/mol. The number of hydrogen-bond donors (Lipinski definition) is 0. The Labute approximate surface area is 122 Å². The van der Waals surface area contributed by atoms with E-state index in [4.69, 9.17) is 9.26 Å². The van der Waals surface area contributed by atoms with Crippen molar-refractivity contribution in [2.24, 2.45) is 4.99 Å². The summed E-state index contributed by atoms with van der Waals surface area (Å²) in [6.45, 7) is 4.06. The number of hydrogen-bond acceptors (Lipinski definition) is 6. The Balaban J connectivity index is 2.16. The van der Waals surface area contributed by atoms with E-state index in [1.54, 1.807) is 11.7 Å². The highest BCUT2D eigenvalue weighted by atomic mass is 16.6. The second-order valence-electron chi connectivity index (χ2n) is 4.76. The van der Waals surface area contributed by atoms with Crippen molar-refractivity contribution in [1.82, 2.24) is 5.27 Å². The molecule has 1 aromatic heterocycles. The normalized spacial score (nSPS) is 17.4. The van der Waals surface area contributed by atoms with Crippen LogP contribution in [0, 0.1) is 0 Å². The van der Waals surface area contributed by atoms with Crippen LogP contribution in [0.4, 0.5) is 5.88 Å². The lowest BCUT2D eigenvalue weighted by atomic mass is 9.97. The van der Waals surface area contributed by atoms with Gasteiger partial charge in [0.05, 0.1) is 17.4 Å². The smallest absolute Gasteiger partial charge is 0.341 e. The number of nitrogens with zero attached hydrogens (tertiary/aromatic N) is 4. The molecule has 3 rings (SSSR count). The molecular formula is C14H16N4O3. The van der Waals surface area contributed by atoms with E-state index in [2.05, 4.69) is 17.2 Å². The Morgan fingerprint density at radius 3 is 3.05 bits per heavy atom. The maximum Gasteiger partial charge on any atom is 0.341 e. The van der Waals surface area contributed by atoms with Crippen LogP contribution in [0.5, 0.6) is 0 Å². The molecule has 0 bridgehead atoms. The fourth-order valence-corrected chi connectivity index (χ4v) is 2.44. The molecule has 7 heteroatoms. The highest BCUT2D eigenvalue weighted by molar-refractivity contribution is 5.74. The molecule has 0 radical (unpaired) electrons. The topological polar surface area (TPSA) is 77.8 Å². The summed E-state index contributed by atoms with van der Waals surface area (Å²) in [6.07, 6.45) is -0.684. The van der Waals surface area contributed by atoms with E-state index in [0.29, 0.717) is 5.69 Å². The first-order valence-electron chi connectivity index (χ1n) is 6.76. The van der Waals surface area contributed by atoms with Crippen molar-refractivity contribution in [3.63, 3.8) is 0 Å². The van der Waals surface area contributed by atoms with Crippen molar-refractivity contribution in [1.29, 1.82) is 0 Å². The molecule has 110 valence electrons. The van der Waals surface area contributed by atoms with Crippen LogP contribution in [0.25, 0.3) is 11.3 Å². The van der Waals surface area contributed by atoms with E-state index < -0.39 is 6.08 Å². The zero-order valence-electron chi connectivity index (χ0n) is 12.1. The molecule has 0 spiro atoms. The SMILES string of the molecule is CCO/C([O-])=N\c1on[n+]2c1-c1ccccc1C(C)N2C. The van der Waals surface area contributed by atoms with Gasteiger partial charge in [0.2, 0.25) is 5.27 Å². The van der Waals surface area contributed by atoms with Crippen LogP contribution in [0.2, 0.25) is 0 Å². The van der Waals surface area contributed by atoms with Gasteiger partial charge < -0.3 is 9.84 Å². The van der Waals surface area contributed by atoms with Crippen LogP contribution in [0.15, 0.2) is 33.8 Å². The minimum Gasteiger partial charge on any atom is -0.600 e. The molecule has 21 heavy (non-hydrogen) atoms. The Kier molecular flexibility index (Phi) is 3.25. The zero-order valence-corrected chi connectivity index (χ0v) is 12.1. The lowest BCUT2D eigenvalue weighted by molar-refractivity contribution is -0.752. The second kappa shape index (κ2) is 5.08. The van der Waals surface area contributed by atoms with Gasteiger partial charge in [-0.05, 0) is 25.2 Å². The summed E-state index contributed by atoms with van der Waals surface area (Å²) in [7, 11) is 1.90. The summed E-state index contributed by atoms with van der Waals surface area (Å²) in [5, 5.41) is 17.4. The molecule has 1 atom stereocenters. The Bertz CT molecular complexity index is 695. The molecule has 7 nitrogen and oxygen atoms in total. The number of fused-ring (bicyclic) bond motifs is 3. The molecule has 0 amide bonds. The van der Waals surface area contributed by atoms with Crippen molar-refractivity contribution in [2.45, 2.75) is 19.9 Å². The number of benzene rings is 1. The molecule has 0 N–H and O–H groups in total. The summed E-state index contributed by atoms with van der Waals surface area (Å²) >= 11 is 0. The first-order chi connectivity index (χ1) is 10.1. The summed E-state index contributed by atoms with van der Waals surface area (Å²) < 4.78 is 10.0. The highest BCUT2D eigenvalue weighted by Crippen LogP contribution is 2.36. The maximum absolute atomic E-state index is 11.6. The van der Waals surface area contributed by atoms with Gasteiger partial charge in [0.25, 0.3) is 0 Å². The number of aromatic nitrogens is 2. The van der Waals surface area contributed by atoms with E-state index >= 15 is 0 Å². The predicted octanol–water partition coefficient (Wildman–Crippen LogP) is 0.656. The minimum absolute atomic E-state index is 0.138. The molecule has 0 saturated heterocycles. The van der Waals surface area contributed by atoms with E-state index in [0.717, 1.165) is 11.1 Å². The van der Waals surface area contributed by atoms with Crippen molar-refractivity contribution in [2.75, 3.05) is 18.7 Å². The van der Waals surface area contributed by atoms with Gasteiger partial charge in [0.1, 0.15) is 6.04 Å². The summed E-state index contributed by atoms with van der Waals surface area (Å²) in [6, 6.07) is 8.06. The number of rotatable bonds is 2. The van der Waals surface area contributed by atoms with Gasteiger partial charge >= 0.3 is 11.6 Å². The van der Waals surface area contributed by atoms with Crippen LogP contribution in [0.1, 0.15) is 25.5 Å². The van der Waals surface area contributed by atoms with Gasteiger partial charge in [-0.2, -0.15) is 4.99 Å². The monoisotopic (exact) mass is 288 g/mol. The largest absolute Gasteiger partial charge is 0.600 e. The fourth-order valence-electron chi connectivity index (χ4n) is 2.44. The predicted molar refractivity (Wildman–Crippen MR) is 73.4 cm³/mol. The fraction of sp³-hybridized carbons (Fsp3) is 0.357. The molecule has 2 heterocycles. The van der Waals surface area contributed by atoms with Crippen LogP contribution < -0.4 is 14.9 Å². The van der Waals surface area contributed by atoms with Gasteiger partial charge in [0.15, 0.2) is 6.08 Å². The van der Waals surface area contributed by atoms with E-state index in [1.807, 2.05) is 36.3 Å². The Hall–Kier alpha value is -2.57. The van der Waals surface area contributed by atoms with Crippen LogP contribution in [-0.2, 0) is 4.74 Å². The van der Waals surface area contributed by atoms with Crippen LogP contribution >= 0.6 is 0 Å². The van der Waals surface area contributed by atoms with Crippen molar-refractivity contribution < 1.29 is 19.2 Å². The Morgan fingerprint density at radius 2 is 2.29 bits per heavy atom. The third-order valence-electron chi connectivity index (χ3n) is 3.59. The summed E-state index contributed by atoms with van der Waals surface area (Å²) in [5.74, 6) is 0.152. The maximum atomic E-state index is 11.6. The van der Waals surface area contributed by atoms with E-state index in [1.165, 1.54) is 0 Å². The van der Waals surface area contributed by atoms with Crippen LogP contribution in [-0.4, -0.2) is 25.0 Å². The number of aliphatic imine (C=N–C) groups is 1. The van der Waals surface area contributed by atoms with Gasteiger partial charge in [0, 0.05) is 0 Å². The molecule has 1 aliphatic rings. The standard InChI is InChI=1S/C14H16N4O3/c1-4-20-14(19)15-13-12-11-8-6-5-7-10(11)9(2)17(3)18(12)16-21-13/h5-9H,4H2,1-3H3. The second-order valence-corrected chi connectivity index (χ2v) is 4.76. The zero-order chi connectivity index (χ0) is 15.0. The van der Waals surface area contributed by atoms with Gasteiger partial charge in [-0.25, -0.2) is 0 Å². The van der Waals surface area contributed by atoms with Crippen LogP contribution in [0.3, 0.4) is 0 Å². The van der Waals surface area contributed by atoms with E-state index in [9.17, 15) is 5.11 Å². The average molecular weight is 288 g/mol. The molecule has 1 aromatic carbocycles. The molecule has 2 aromatic rings. The average Bonchev–Trinajstić information content (AvgIpc) is 2.89. The molecule has 0 saturated carbocycles. The lowest BCUT2D eigenvalue weighted by Crippen LogP contribution is -2.60. The number of ether oxygens (including phenoxy) is 1. The Morgan fingerprint density at radius 1 is 1.52 bits per heavy atom. The van der Waals surface area contributed by atoms with Gasteiger partial charge in [-0.15, -0.1) is 5.01 Å². The van der Waals surface area contributed by atoms with Gasteiger partial charge in [-0.3, -0.25) is 4.52 Å². The molecule has 0 fully saturated rings. The first kappa shape index (κ1) is 13.4. The van der Waals surface area contributed by atoms with Crippen molar-refractivity contribution in [3.8, 4) is 11.3 Å². The van der Waals surface area contributed by atoms with E-state index in [-0.39, 0.29) is 18.5 Å². The van der Waals surface area contributed by atoms with Crippen molar-refractivity contribution >= 4 is 12.0 Å².